The average Bonchev–Trinajstić information content (AvgIpc) is 3.97. The standard InChI is InChI=1S/C61H36N4O/c1-2-15-39(16-3-1)63-54-25-11-12-26-55(54)64(56-27-14-21-45-44-20-7-13-28-59(44)66-60(45)56)58-36-50-47-33-37(29-31-42(47)40-17-4-5-18-41(40)49(50)35-57(58)63)38-30-32-46-48(34-38)43-19-6-9-23-52(43)65-53-24-10-8-22-51(53)62-61(46)65/h1-36H. The summed E-state index contributed by atoms with van der Waals surface area (Å²) in [6.07, 6.45) is 0. The van der Waals surface area contributed by atoms with Gasteiger partial charge in [-0.2, -0.15) is 0 Å². The molecule has 5 nitrogen and oxygen atoms in total. The molecule has 306 valence electrons. The Morgan fingerprint density at radius 1 is 0.318 bits per heavy atom. The molecule has 5 heteroatoms. The number of imidazole rings is 1. The van der Waals surface area contributed by atoms with Crippen molar-refractivity contribution in [2.75, 3.05) is 9.80 Å². The minimum atomic E-state index is 0.864. The summed E-state index contributed by atoms with van der Waals surface area (Å²) < 4.78 is 9.11. The van der Waals surface area contributed by atoms with Gasteiger partial charge in [-0.3, -0.25) is 4.40 Å². The van der Waals surface area contributed by atoms with E-state index in [1.54, 1.807) is 0 Å². The van der Waals surface area contributed by atoms with E-state index in [1.165, 1.54) is 43.1 Å². The topological polar surface area (TPSA) is 36.9 Å². The smallest absolute Gasteiger partial charge is 0.159 e. The maximum atomic E-state index is 6.79. The van der Waals surface area contributed by atoms with Crippen molar-refractivity contribution in [2.45, 2.75) is 0 Å². The molecule has 0 bridgehead atoms. The Balaban J connectivity index is 1.02. The van der Waals surface area contributed by atoms with Gasteiger partial charge in [-0.1, -0.05) is 133 Å². The summed E-state index contributed by atoms with van der Waals surface area (Å²) in [6.45, 7) is 0. The van der Waals surface area contributed by atoms with Crippen molar-refractivity contribution in [3.8, 4) is 11.1 Å². The lowest BCUT2D eigenvalue weighted by Gasteiger charge is -2.40. The molecule has 0 spiro atoms. The minimum Gasteiger partial charge on any atom is -0.454 e. The van der Waals surface area contributed by atoms with Crippen LogP contribution in [-0.2, 0) is 0 Å². The Hall–Kier alpha value is -8.93. The third-order valence-corrected chi connectivity index (χ3v) is 14.0. The second-order valence-electron chi connectivity index (χ2n) is 17.5. The molecule has 0 saturated carbocycles. The summed E-state index contributed by atoms with van der Waals surface area (Å²) in [7, 11) is 0. The van der Waals surface area contributed by atoms with Gasteiger partial charge in [-0.15, -0.1) is 0 Å². The van der Waals surface area contributed by atoms with E-state index in [1.807, 2.05) is 6.07 Å². The van der Waals surface area contributed by atoms with Crippen LogP contribution >= 0.6 is 0 Å². The summed E-state index contributed by atoms with van der Waals surface area (Å²) in [5.74, 6) is 0. The maximum absolute atomic E-state index is 6.79. The zero-order chi connectivity index (χ0) is 43.0. The highest BCUT2D eigenvalue weighted by molar-refractivity contribution is 6.28. The molecular formula is C61H36N4O. The monoisotopic (exact) mass is 840 g/mol. The number of hydrogen-bond donors (Lipinski definition) is 0. The average molecular weight is 841 g/mol. The first-order chi connectivity index (χ1) is 32.7. The van der Waals surface area contributed by atoms with E-state index in [4.69, 9.17) is 9.40 Å². The first kappa shape index (κ1) is 35.5. The van der Waals surface area contributed by atoms with Gasteiger partial charge in [0.25, 0.3) is 0 Å². The van der Waals surface area contributed by atoms with Crippen LogP contribution in [0.15, 0.2) is 223 Å². The highest BCUT2D eigenvalue weighted by atomic mass is 16.3. The van der Waals surface area contributed by atoms with Crippen LogP contribution in [0.1, 0.15) is 0 Å². The first-order valence-corrected chi connectivity index (χ1v) is 22.5. The Morgan fingerprint density at radius 2 is 0.848 bits per heavy atom. The fourth-order valence-corrected chi connectivity index (χ4v) is 11.1. The number of furan rings is 1. The molecule has 1 aliphatic heterocycles. The Labute approximate surface area is 378 Å². The number of pyridine rings is 1. The normalized spacial score (nSPS) is 12.8. The second-order valence-corrected chi connectivity index (χ2v) is 17.5. The lowest BCUT2D eigenvalue weighted by atomic mass is 9.90. The SMILES string of the molecule is c1ccc(N2c3ccccc3N(c3cccc4c3oc3ccccc34)c3cc4c5cc(-c6ccc7c(c6)c6ccccc6n6c8ccccc8nc76)ccc5c5ccccc5c4cc32)cc1. The van der Waals surface area contributed by atoms with Crippen LogP contribution in [0.2, 0.25) is 0 Å². The second kappa shape index (κ2) is 13.3. The van der Waals surface area contributed by atoms with E-state index in [9.17, 15) is 0 Å². The predicted molar refractivity (Wildman–Crippen MR) is 276 cm³/mol. The van der Waals surface area contributed by atoms with Crippen molar-refractivity contribution in [3.63, 3.8) is 0 Å². The van der Waals surface area contributed by atoms with E-state index < -0.39 is 0 Å². The maximum Gasteiger partial charge on any atom is 0.159 e. The number of benzene rings is 11. The van der Waals surface area contributed by atoms with Crippen LogP contribution in [0.4, 0.5) is 34.1 Å². The quantitative estimate of drug-likeness (QED) is 0.166. The molecule has 14 aromatic rings. The van der Waals surface area contributed by atoms with Crippen molar-refractivity contribution in [1.29, 1.82) is 0 Å². The molecule has 0 amide bonds. The van der Waals surface area contributed by atoms with E-state index in [2.05, 4.69) is 227 Å². The number of fused-ring (bicyclic) bond motifs is 19. The lowest BCUT2D eigenvalue weighted by Crippen LogP contribution is -2.24. The molecule has 4 heterocycles. The van der Waals surface area contributed by atoms with Gasteiger partial charge in [0, 0.05) is 27.2 Å². The van der Waals surface area contributed by atoms with Gasteiger partial charge in [0.05, 0.1) is 45.0 Å². The number of rotatable bonds is 3. The van der Waals surface area contributed by atoms with Crippen LogP contribution < -0.4 is 9.80 Å². The number of aromatic nitrogens is 2. The molecule has 15 rings (SSSR count). The Kier molecular flexibility index (Phi) is 7.16. The summed E-state index contributed by atoms with van der Waals surface area (Å²) >= 11 is 0. The zero-order valence-corrected chi connectivity index (χ0v) is 35.5. The molecular weight excluding hydrogens is 805 g/mol. The van der Waals surface area contributed by atoms with Crippen molar-refractivity contribution < 1.29 is 4.42 Å². The summed E-state index contributed by atoms with van der Waals surface area (Å²) in [5, 5.41) is 13.0. The molecule has 0 radical (unpaired) electrons. The van der Waals surface area contributed by atoms with Gasteiger partial charge in [-0.25, -0.2) is 4.98 Å². The first-order valence-electron chi connectivity index (χ1n) is 22.5. The van der Waals surface area contributed by atoms with Crippen LogP contribution in [0.5, 0.6) is 0 Å². The van der Waals surface area contributed by atoms with E-state index >= 15 is 0 Å². The Bertz CT molecular complexity index is 4370. The van der Waals surface area contributed by atoms with Crippen LogP contribution in [0.25, 0.3) is 104 Å². The van der Waals surface area contributed by atoms with Crippen molar-refractivity contribution >= 4 is 127 Å². The van der Waals surface area contributed by atoms with Gasteiger partial charge < -0.3 is 14.2 Å². The minimum absolute atomic E-state index is 0.864. The van der Waals surface area contributed by atoms with Crippen molar-refractivity contribution in [3.05, 3.63) is 218 Å². The number of anilines is 6. The summed E-state index contributed by atoms with van der Waals surface area (Å²) in [6, 6.07) is 79.2. The molecule has 0 saturated heterocycles. The molecule has 0 fully saturated rings. The van der Waals surface area contributed by atoms with Gasteiger partial charge in [0.1, 0.15) is 11.2 Å². The molecule has 1 aliphatic rings. The third kappa shape index (κ3) is 4.86. The van der Waals surface area contributed by atoms with Gasteiger partial charge >= 0.3 is 0 Å². The van der Waals surface area contributed by atoms with Crippen LogP contribution in [-0.4, -0.2) is 9.38 Å². The molecule has 0 aliphatic carbocycles. The number of hydrogen-bond acceptors (Lipinski definition) is 4. The van der Waals surface area contributed by atoms with Gasteiger partial charge in [0.15, 0.2) is 5.58 Å². The molecule has 11 aromatic carbocycles. The zero-order valence-electron chi connectivity index (χ0n) is 35.5. The van der Waals surface area contributed by atoms with Crippen LogP contribution in [0, 0.1) is 0 Å². The molecule has 3 aromatic heterocycles. The largest absolute Gasteiger partial charge is 0.454 e. The fraction of sp³-hybridized carbons (Fsp3) is 0. The lowest BCUT2D eigenvalue weighted by molar-refractivity contribution is 0.669. The highest BCUT2D eigenvalue weighted by Crippen LogP contribution is 2.57. The molecule has 0 atom stereocenters. The van der Waals surface area contributed by atoms with E-state index in [0.29, 0.717) is 0 Å². The van der Waals surface area contributed by atoms with Gasteiger partial charge in [-0.05, 0) is 134 Å². The number of para-hydroxylation sites is 8. The Morgan fingerprint density at radius 3 is 1.65 bits per heavy atom. The van der Waals surface area contributed by atoms with Crippen molar-refractivity contribution in [1.82, 2.24) is 9.38 Å². The van der Waals surface area contributed by atoms with E-state index in [0.717, 1.165) is 94.8 Å². The van der Waals surface area contributed by atoms with E-state index in [-0.39, 0.29) is 0 Å². The van der Waals surface area contributed by atoms with Gasteiger partial charge in [0.2, 0.25) is 0 Å². The predicted octanol–water partition coefficient (Wildman–Crippen LogP) is 17.1. The van der Waals surface area contributed by atoms with Crippen molar-refractivity contribution in [2.24, 2.45) is 0 Å². The fourth-order valence-electron chi connectivity index (χ4n) is 11.1. The molecule has 0 N–H and O–H groups in total. The van der Waals surface area contributed by atoms with Crippen LogP contribution in [0.3, 0.4) is 0 Å². The third-order valence-electron chi connectivity index (χ3n) is 14.0. The summed E-state index contributed by atoms with van der Waals surface area (Å²) in [4.78, 5) is 10.0. The molecule has 66 heavy (non-hydrogen) atoms. The number of nitrogens with zero attached hydrogens (tertiary/aromatic N) is 4. The summed E-state index contributed by atoms with van der Waals surface area (Å²) in [5.41, 5.74) is 14.8. The molecule has 0 unspecified atom stereocenters. The highest BCUT2D eigenvalue weighted by Gasteiger charge is 2.33.